The first kappa shape index (κ1) is 23.2. The number of nitrogens with zero attached hydrogens (tertiary/aromatic N) is 2. The number of amides is 1. The summed E-state index contributed by atoms with van der Waals surface area (Å²) in [5.74, 6) is 1.27. The maximum atomic E-state index is 13.6. The number of rotatable bonds is 9. The lowest BCUT2D eigenvalue weighted by atomic mass is 9.95. The van der Waals surface area contributed by atoms with Gasteiger partial charge in [0.25, 0.3) is 5.91 Å². The highest BCUT2D eigenvalue weighted by Gasteiger charge is 2.44. The summed E-state index contributed by atoms with van der Waals surface area (Å²) in [6.45, 7) is 3.92. The molecule has 184 valence electrons. The zero-order valence-electron chi connectivity index (χ0n) is 20.1. The summed E-state index contributed by atoms with van der Waals surface area (Å²) >= 11 is 0. The van der Waals surface area contributed by atoms with Crippen LogP contribution < -0.4 is 9.47 Å². The molecule has 2 atom stereocenters. The highest BCUT2D eigenvalue weighted by atomic mass is 16.5. The van der Waals surface area contributed by atoms with Gasteiger partial charge in [-0.05, 0) is 49.1 Å². The Kier molecular flexibility index (Phi) is 6.63. The predicted molar refractivity (Wildman–Crippen MR) is 131 cm³/mol. The Morgan fingerprint density at radius 3 is 2.83 bits per heavy atom. The van der Waals surface area contributed by atoms with Crippen molar-refractivity contribution in [2.24, 2.45) is 0 Å². The number of aromatic nitrogens is 2. The number of aromatic hydroxyl groups is 1. The third-order valence-electron chi connectivity index (χ3n) is 6.71. The van der Waals surface area contributed by atoms with Gasteiger partial charge in [-0.3, -0.25) is 9.89 Å². The zero-order valence-corrected chi connectivity index (χ0v) is 20.1. The molecular weight excluding hydrogens is 446 g/mol. The summed E-state index contributed by atoms with van der Waals surface area (Å²) in [5.41, 5.74) is 3.21. The van der Waals surface area contributed by atoms with E-state index in [1.807, 2.05) is 29.2 Å². The number of fused-ring (bicyclic) bond motifs is 1. The molecule has 5 rings (SSSR count). The molecule has 1 saturated heterocycles. The Bertz CT molecular complexity index is 1200. The summed E-state index contributed by atoms with van der Waals surface area (Å²) in [5, 5.41) is 17.9. The molecule has 2 N–H and O–H groups in total. The first-order valence-corrected chi connectivity index (χ1v) is 12.2. The minimum absolute atomic E-state index is 0.00876. The quantitative estimate of drug-likeness (QED) is 0.434. The van der Waals surface area contributed by atoms with E-state index in [0.29, 0.717) is 48.2 Å². The number of carbonyl (C=O) groups excluding carboxylic acids is 1. The van der Waals surface area contributed by atoms with Crippen molar-refractivity contribution in [2.45, 2.75) is 44.8 Å². The minimum Gasteiger partial charge on any atom is -0.507 e. The van der Waals surface area contributed by atoms with E-state index in [1.54, 1.807) is 25.3 Å². The highest BCUT2D eigenvalue weighted by Crippen LogP contribution is 2.46. The molecule has 0 spiro atoms. The predicted octanol–water partition coefficient (Wildman–Crippen LogP) is 4.69. The molecule has 0 saturated carbocycles. The van der Waals surface area contributed by atoms with E-state index in [1.165, 1.54) is 0 Å². The van der Waals surface area contributed by atoms with Gasteiger partial charge in [0.05, 0.1) is 25.9 Å². The van der Waals surface area contributed by atoms with Crippen molar-refractivity contribution in [3.05, 3.63) is 59.3 Å². The van der Waals surface area contributed by atoms with Gasteiger partial charge >= 0.3 is 0 Å². The molecule has 8 nitrogen and oxygen atoms in total. The number of hydrogen-bond donors (Lipinski definition) is 2. The van der Waals surface area contributed by atoms with E-state index >= 15 is 0 Å². The van der Waals surface area contributed by atoms with Crippen molar-refractivity contribution in [3.63, 3.8) is 0 Å². The Morgan fingerprint density at radius 2 is 2.09 bits per heavy atom. The van der Waals surface area contributed by atoms with Gasteiger partial charge in [-0.1, -0.05) is 31.5 Å². The number of unbranched alkanes of at least 4 members (excludes halogenated alkanes) is 1. The Labute approximate surface area is 204 Å². The number of benzene rings is 2. The van der Waals surface area contributed by atoms with Gasteiger partial charge in [0, 0.05) is 24.3 Å². The van der Waals surface area contributed by atoms with Crippen molar-refractivity contribution in [1.82, 2.24) is 15.1 Å². The number of H-pyrrole nitrogens is 1. The molecule has 2 aliphatic rings. The van der Waals surface area contributed by atoms with Crippen LogP contribution in [0, 0.1) is 0 Å². The Hall–Kier alpha value is -3.52. The monoisotopic (exact) mass is 477 g/mol. The molecule has 1 fully saturated rings. The average Bonchev–Trinajstić information content (AvgIpc) is 3.59. The fraction of sp³-hybridized carbons (Fsp3) is 0.407. The second kappa shape index (κ2) is 10.00. The molecule has 35 heavy (non-hydrogen) atoms. The molecule has 8 heteroatoms. The van der Waals surface area contributed by atoms with Crippen LogP contribution in [0.1, 0.15) is 60.3 Å². The number of methoxy groups -OCH3 is 1. The van der Waals surface area contributed by atoms with Gasteiger partial charge in [-0.15, -0.1) is 0 Å². The van der Waals surface area contributed by atoms with Crippen LogP contribution in [0.15, 0.2) is 42.5 Å². The summed E-state index contributed by atoms with van der Waals surface area (Å²) in [7, 11) is 1.62. The maximum Gasteiger partial charge on any atom is 0.273 e. The largest absolute Gasteiger partial charge is 0.507 e. The number of para-hydroxylation sites is 1. The summed E-state index contributed by atoms with van der Waals surface area (Å²) in [4.78, 5) is 15.4. The fourth-order valence-corrected chi connectivity index (χ4v) is 4.92. The number of aromatic amines is 1. The number of carbonyl (C=O) groups is 1. The minimum atomic E-state index is -0.409. The second-order valence-corrected chi connectivity index (χ2v) is 8.99. The summed E-state index contributed by atoms with van der Waals surface area (Å²) in [6, 6.07) is 12.4. The molecule has 2 aliphatic heterocycles. The van der Waals surface area contributed by atoms with E-state index < -0.39 is 6.04 Å². The van der Waals surface area contributed by atoms with Crippen LogP contribution in [-0.4, -0.2) is 59.1 Å². The zero-order chi connectivity index (χ0) is 24.4. The molecule has 0 aliphatic carbocycles. The van der Waals surface area contributed by atoms with Crippen LogP contribution >= 0.6 is 0 Å². The van der Waals surface area contributed by atoms with E-state index in [9.17, 15) is 9.90 Å². The molecular formula is C27H31N3O5. The van der Waals surface area contributed by atoms with Gasteiger partial charge in [-0.25, -0.2) is 0 Å². The SMILES string of the molecule is CCCCOc1ccc([C@H]2c3c(-c4ccccc4O)n[nH]c3C(=O)N2C[C@H]2CCCO2)cc1OC. The van der Waals surface area contributed by atoms with Crippen molar-refractivity contribution < 1.29 is 24.1 Å². The third kappa shape index (κ3) is 4.34. The number of ether oxygens (including phenoxy) is 3. The standard InChI is InChI=1S/C27H31N3O5/c1-3-4-13-35-21-12-11-17(15-22(21)33-2)26-23-24(19-9-5-6-10-20(19)31)28-29-25(23)27(32)30(26)16-18-8-7-14-34-18/h5-6,9-12,15,18,26,31H,3-4,7-8,13-14,16H2,1-2H3,(H,28,29)/t18-,26+/m1/s1. The first-order chi connectivity index (χ1) is 17.1. The second-order valence-electron chi connectivity index (χ2n) is 8.99. The lowest BCUT2D eigenvalue weighted by Gasteiger charge is -2.29. The van der Waals surface area contributed by atoms with Gasteiger partial charge in [-0.2, -0.15) is 5.10 Å². The number of phenolic OH excluding ortho intramolecular Hbond substituents is 1. The molecule has 1 aromatic heterocycles. The average molecular weight is 478 g/mol. The molecule has 3 aromatic rings. The van der Waals surface area contributed by atoms with Gasteiger partial charge < -0.3 is 24.2 Å². The van der Waals surface area contributed by atoms with E-state index in [-0.39, 0.29) is 17.8 Å². The molecule has 0 radical (unpaired) electrons. The summed E-state index contributed by atoms with van der Waals surface area (Å²) in [6.07, 6.45) is 3.90. The van der Waals surface area contributed by atoms with Crippen molar-refractivity contribution in [1.29, 1.82) is 0 Å². The van der Waals surface area contributed by atoms with E-state index in [2.05, 4.69) is 17.1 Å². The lowest BCUT2D eigenvalue weighted by molar-refractivity contribution is 0.0495. The fourth-order valence-electron chi connectivity index (χ4n) is 4.92. The Balaban J connectivity index is 1.58. The lowest BCUT2D eigenvalue weighted by Crippen LogP contribution is -2.36. The van der Waals surface area contributed by atoms with Crippen LogP contribution in [0.25, 0.3) is 11.3 Å². The van der Waals surface area contributed by atoms with Crippen LogP contribution in [0.5, 0.6) is 17.2 Å². The number of hydrogen-bond acceptors (Lipinski definition) is 6. The molecule has 2 aromatic carbocycles. The molecule has 3 heterocycles. The molecule has 1 amide bonds. The van der Waals surface area contributed by atoms with Gasteiger partial charge in [0.1, 0.15) is 17.1 Å². The maximum absolute atomic E-state index is 13.6. The van der Waals surface area contributed by atoms with Crippen LogP contribution in [0.2, 0.25) is 0 Å². The van der Waals surface area contributed by atoms with Gasteiger partial charge in [0.2, 0.25) is 0 Å². The third-order valence-corrected chi connectivity index (χ3v) is 6.71. The number of nitrogens with one attached hydrogen (secondary N) is 1. The summed E-state index contributed by atoms with van der Waals surface area (Å²) < 4.78 is 17.5. The van der Waals surface area contributed by atoms with Crippen LogP contribution in [0.4, 0.5) is 0 Å². The van der Waals surface area contributed by atoms with Crippen molar-refractivity contribution in [2.75, 3.05) is 26.9 Å². The molecule has 0 unspecified atom stereocenters. The Morgan fingerprint density at radius 1 is 1.23 bits per heavy atom. The first-order valence-electron chi connectivity index (χ1n) is 12.2. The van der Waals surface area contributed by atoms with Crippen LogP contribution in [0.3, 0.4) is 0 Å². The number of phenols is 1. The normalized spacial score (nSPS) is 19.3. The van der Waals surface area contributed by atoms with E-state index in [4.69, 9.17) is 14.2 Å². The van der Waals surface area contributed by atoms with Crippen molar-refractivity contribution >= 4 is 5.91 Å². The smallest absolute Gasteiger partial charge is 0.273 e. The topological polar surface area (TPSA) is 96.9 Å². The van der Waals surface area contributed by atoms with Crippen molar-refractivity contribution in [3.8, 4) is 28.5 Å². The molecule has 0 bridgehead atoms. The highest BCUT2D eigenvalue weighted by molar-refractivity contribution is 6.00. The van der Waals surface area contributed by atoms with Crippen LogP contribution in [-0.2, 0) is 4.74 Å². The van der Waals surface area contributed by atoms with Gasteiger partial charge in [0.15, 0.2) is 11.5 Å². The van der Waals surface area contributed by atoms with E-state index in [0.717, 1.165) is 36.8 Å².